The molecule has 4 rings (SSSR count). The van der Waals surface area contributed by atoms with Crippen molar-refractivity contribution in [2.45, 2.75) is 38.5 Å². The second-order valence-corrected chi connectivity index (χ2v) is 10.0. The van der Waals surface area contributed by atoms with Crippen molar-refractivity contribution in [1.29, 1.82) is 0 Å². The van der Waals surface area contributed by atoms with E-state index >= 15 is 0 Å². The summed E-state index contributed by atoms with van der Waals surface area (Å²) in [6, 6.07) is 3.36. The third-order valence-electron chi connectivity index (χ3n) is 6.50. The molecule has 48 heavy (non-hydrogen) atoms. The third-order valence-corrected chi connectivity index (χ3v) is 6.50. The Morgan fingerprint density at radius 2 is 0.917 bits per heavy atom. The molecule has 0 fully saturated rings. The average Bonchev–Trinajstić information content (AvgIpc) is 2.93. The Morgan fingerprint density at radius 1 is 0.521 bits per heavy atom. The van der Waals surface area contributed by atoms with E-state index in [-0.39, 0.29) is 29.8 Å². The summed E-state index contributed by atoms with van der Waals surface area (Å²) < 4.78 is 186. The molecule has 0 amide bonds. The SMILES string of the molecule is CCCCc1cc(F)c(C#Cc2cc(F)c(C#Cc3cc(F)c(C(F)(F)Oc4cc(F)c(C(F)(F)F)c(F)c4)c(F)c3)c(F)c2)c(F)c1. The normalized spacial score (nSPS) is 11.5. The topological polar surface area (TPSA) is 9.23 Å². The molecule has 0 aliphatic heterocycles. The molecular formula is C34H17F13O. The molecule has 0 atom stereocenters. The van der Waals surface area contributed by atoms with Crippen LogP contribution in [-0.4, -0.2) is 0 Å². The maximum absolute atomic E-state index is 14.7. The smallest absolute Gasteiger partial charge is 0.429 e. The van der Waals surface area contributed by atoms with Gasteiger partial charge in [0.15, 0.2) is 0 Å². The minimum atomic E-state index is -5.53. The summed E-state index contributed by atoms with van der Waals surface area (Å²) in [6.45, 7) is 1.90. The lowest BCUT2D eigenvalue weighted by molar-refractivity contribution is -0.189. The fourth-order valence-corrected chi connectivity index (χ4v) is 4.31. The van der Waals surface area contributed by atoms with Gasteiger partial charge in [-0.1, -0.05) is 37.0 Å². The molecule has 0 unspecified atom stereocenters. The summed E-state index contributed by atoms with van der Waals surface area (Å²) in [4.78, 5) is 0. The van der Waals surface area contributed by atoms with Gasteiger partial charge in [0.25, 0.3) is 0 Å². The van der Waals surface area contributed by atoms with Crippen molar-refractivity contribution in [1.82, 2.24) is 0 Å². The average molecular weight is 688 g/mol. The quantitative estimate of drug-likeness (QED) is 0.145. The van der Waals surface area contributed by atoms with Crippen LogP contribution >= 0.6 is 0 Å². The van der Waals surface area contributed by atoms with Crippen LogP contribution in [0.1, 0.15) is 58.7 Å². The maximum Gasteiger partial charge on any atom is 0.432 e. The number of halogens is 13. The summed E-state index contributed by atoms with van der Waals surface area (Å²) in [5, 5.41) is 0. The molecule has 0 N–H and O–H groups in total. The van der Waals surface area contributed by atoms with Gasteiger partial charge in [0.05, 0.1) is 11.1 Å². The van der Waals surface area contributed by atoms with Gasteiger partial charge in [-0.15, -0.1) is 0 Å². The molecule has 4 aromatic carbocycles. The predicted octanol–water partition coefficient (Wildman–Crippen LogP) is 10.1. The molecule has 0 saturated carbocycles. The van der Waals surface area contributed by atoms with Crippen LogP contribution in [0.5, 0.6) is 5.75 Å². The van der Waals surface area contributed by atoms with Crippen molar-refractivity contribution in [3.05, 3.63) is 134 Å². The maximum atomic E-state index is 14.7. The van der Waals surface area contributed by atoms with E-state index in [0.717, 1.165) is 18.6 Å². The number of unbranched alkanes of at least 4 members (excludes halogenated alkanes) is 1. The standard InChI is InChI=1S/C34H17F13O/c1-2-3-4-17-9-23(35)21(24(36)10-17)7-5-18-11-25(37)22(26(38)12-18)8-6-19-13-27(39)32(28(40)14-19)34(46,47)48-20-15-29(41)31(30(42)16-20)33(43,44)45/h9-16H,2-4H2,1H3. The molecular weight excluding hydrogens is 671 g/mol. The van der Waals surface area contributed by atoms with Crippen molar-refractivity contribution < 1.29 is 61.8 Å². The van der Waals surface area contributed by atoms with E-state index in [2.05, 4.69) is 16.6 Å². The van der Waals surface area contributed by atoms with E-state index in [1.807, 2.05) is 18.8 Å². The van der Waals surface area contributed by atoms with Gasteiger partial charge in [0.2, 0.25) is 0 Å². The third kappa shape index (κ3) is 8.05. The van der Waals surface area contributed by atoms with E-state index in [9.17, 15) is 57.1 Å². The molecule has 0 radical (unpaired) electrons. The van der Waals surface area contributed by atoms with E-state index in [4.69, 9.17) is 0 Å². The summed E-state index contributed by atoms with van der Waals surface area (Å²) in [7, 11) is 0. The number of hydrogen-bond donors (Lipinski definition) is 0. The molecule has 1 nitrogen and oxygen atoms in total. The molecule has 250 valence electrons. The Kier molecular flexibility index (Phi) is 10.4. The molecule has 0 spiro atoms. The van der Waals surface area contributed by atoms with Crippen LogP contribution < -0.4 is 4.74 Å². The second kappa shape index (κ2) is 13.9. The fourth-order valence-electron chi connectivity index (χ4n) is 4.31. The van der Waals surface area contributed by atoms with Crippen molar-refractivity contribution in [2.75, 3.05) is 0 Å². The van der Waals surface area contributed by atoms with Gasteiger partial charge < -0.3 is 4.74 Å². The molecule has 14 heteroatoms. The highest BCUT2D eigenvalue weighted by Gasteiger charge is 2.43. The van der Waals surface area contributed by atoms with E-state index in [1.165, 1.54) is 0 Å². The Morgan fingerprint density at radius 3 is 1.33 bits per heavy atom. The van der Waals surface area contributed by atoms with E-state index in [1.54, 1.807) is 0 Å². The largest absolute Gasteiger partial charge is 0.432 e. The minimum absolute atomic E-state index is 0.197. The Balaban J connectivity index is 1.58. The molecule has 4 aromatic rings. The molecule has 0 aliphatic carbocycles. The Labute approximate surface area is 264 Å². The van der Waals surface area contributed by atoms with Crippen LogP contribution in [0.2, 0.25) is 0 Å². The van der Waals surface area contributed by atoms with Gasteiger partial charge in [-0.2, -0.15) is 22.0 Å². The van der Waals surface area contributed by atoms with Crippen LogP contribution in [0.4, 0.5) is 57.1 Å². The number of hydrogen-bond acceptors (Lipinski definition) is 1. The van der Waals surface area contributed by atoms with Crippen molar-refractivity contribution in [3.8, 4) is 29.4 Å². The number of alkyl halides is 5. The lowest BCUT2D eigenvalue weighted by Crippen LogP contribution is -2.25. The molecule has 0 heterocycles. The van der Waals surface area contributed by atoms with Crippen molar-refractivity contribution >= 4 is 0 Å². The fraction of sp³-hybridized carbons (Fsp3) is 0.176. The zero-order valence-electron chi connectivity index (χ0n) is 24.1. The summed E-state index contributed by atoms with van der Waals surface area (Å²) in [5.74, 6) is -6.70. The lowest BCUT2D eigenvalue weighted by atomic mass is 10.0. The minimum Gasteiger partial charge on any atom is -0.429 e. The molecule has 0 saturated heterocycles. The van der Waals surface area contributed by atoms with Gasteiger partial charge in [0, 0.05) is 23.3 Å². The second-order valence-electron chi connectivity index (χ2n) is 10.0. The van der Waals surface area contributed by atoms with Crippen LogP contribution in [0.25, 0.3) is 0 Å². The Bertz CT molecular complexity index is 1920. The van der Waals surface area contributed by atoms with Crippen LogP contribution in [0, 0.1) is 70.2 Å². The highest BCUT2D eigenvalue weighted by atomic mass is 19.4. The number of benzene rings is 4. The number of rotatable bonds is 6. The van der Waals surface area contributed by atoms with E-state index in [0.29, 0.717) is 30.5 Å². The van der Waals surface area contributed by atoms with Crippen molar-refractivity contribution in [3.63, 3.8) is 0 Å². The van der Waals surface area contributed by atoms with Crippen LogP contribution in [-0.2, 0) is 18.7 Å². The molecule has 0 bridgehead atoms. The molecule has 0 aliphatic rings. The van der Waals surface area contributed by atoms with Crippen molar-refractivity contribution in [2.24, 2.45) is 0 Å². The van der Waals surface area contributed by atoms with Gasteiger partial charge in [0.1, 0.15) is 63.4 Å². The van der Waals surface area contributed by atoms with Gasteiger partial charge >= 0.3 is 12.3 Å². The first-order valence-electron chi connectivity index (χ1n) is 13.5. The molecule has 0 aromatic heterocycles. The van der Waals surface area contributed by atoms with E-state index < -0.39 is 92.4 Å². The number of aryl methyl sites for hydroxylation is 1. The van der Waals surface area contributed by atoms with Gasteiger partial charge in [-0.25, -0.2) is 35.1 Å². The van der Waals surface area contributed by atoms with Gasteiger partial charge in [-0.05, 0) is 54.8 Å². The zero-order chi connectivity index (χ0) is 35.6. The zero-order valence-corrected chi connectivity index (χ0v) is 24.1. The monoisotopic (exact) mass is 688 g/mol. The van der Waals surface area contributed by atoms with Gasteiger partial charge in [-0.3, -0.25) is 0 Å². The highest BCUT2D eigenvalue weighted by molar-refractivity contribution is 5.50. The highest BCUT2D eigenvalue weighted by Crippen LogP contribution is 2.39. The van der Waals surface area contributed by atoms with Crippen LogP contribution in [0.15, 0.2) is 48.5 Å². The Hall–Kier alpha value is -5.11. The first-order valence-corrected chi connectivity index (χ1v) is 13.5. The first kappa shape index (κ1) is 35.7. The predicted molar refractivity (Wildman–Crippen MR) is 146 cm³/mol. The first-order chi connectivity index (χ1) is 22.4. The lowest BCUT2D eigenvalue weighted by Gasteiger charge is -2.20. The van der Waals surface area contributed by atoms with Crippen LogP contribution in [0.3, 0.4) is 0 Å². The number of ether oxygens (including phenoxy) is 1. The summed E-state index contributed by atoms with van der Waals surface area (Å²) >= 11 is 0. The summed E-state index contributed by atoms with van der Waals surface area (Å²) in [5.41, 5.74) is -6.82. The summed E-state index contributed by atoms with van der Waals surface area (Å²) in [6.07, 6.45) is -8.65.